The van der Waals surface area contributed by atoms with Gasteiger partial charge in [0, 0.05) is 40.2 Å². The van der Waals surface area contributed by atoms with Crippen molar-refractivity contribution in [3.8, 4) is 0 Å². The number of rotatable bonds is 10. The Morgan fingerprint density at radius 3 is 1.92 bits per heavy atom. The zero-order valence-electron chi connectivity index (χ0n) is 23.1. The fourth-order valence-corrected chi connectivity index (χ4v) is 7.92. The van der Waals surface area contributed by atoms with E-state index in [0.717, 1.165) is 17.0 Å². The van der Waals surface area contributed by atoms with Crippen molar-refractivity contribution in [3.63, 3.8) is 0 Å². The molecule has 0 saturated carbocycles. The van der Waals surface area contributed by atoms with Crippen LogP contribution in [0.25, 0.3) is 0 Å². The second kappa shape index (κ2) is 12.1. The van der Waals surface area contributed by atoms with E-state index in [4.69, 9.17) is 0 Å². The van der Waals surface area contributed by atoms with E-state index in [1.807, 2.05) is 101 Å². The molecule has 3 rings (SSSR count). The lowest BCUT2D eigenvalue weighted by molar-refractivity contribution is -0.290. The molecule has 1 atom stereocenters. The van der Waals surface area contributed by atoms with Crippen LogP contribution in [0.15, 0.2) is 72.8 Å². The molecule has 1 heterocycles. The summed E-state index contributed by atoms with van der Waals surface area (Å²) in [6, 6.07) is 18.9. The number of benzene rings is 2. The highest BCUT2D eigenvalue weighted by Gasteiger charge is 2.46. The highest BCUT2D eigenvalue weighted by atomic mass is 31.2. The Hall–Kier alpha value is -2.24. The molecule has 37 heavy (non-hydrogen) atoms. The summed E-state index contributed by atoms with van der Waals surface area (Å²) in [5, 5.41) is 21.9. The summed E-state index contributed by atoms with van der Waals surface area (Å²) in [6.45, 7) is 12.0. The lowest BCUT2D eigenvalue weighted by Gasteiger charge is -2.50. The third-order valence-electron chi connectivity index (χ3n) is 6.94. The molecular formula is C30H43N3O3P. The van der Waals surface area contributed by atoms with Crippen molar-refractivity contribution in [2.45, 2.75) is 90.4 Å². The van der Waals surface area contributed by atoms with Crippen LogP contribution >= 0.6 is 7.29 Å². The third-order valence-corrected chi connectivity index (χ3v) is 9.69. The Morgan fingerprint density at radius 1 is 0.973 bits per heavy atom. The first kappa shape index (κ1) is 29.3. The Kier molecular flexibility index (Phi) is 9.57. The maximum atomic E-state index is 14.5. The van der Waals surface area contributed by atoms with Crippen molar-refractivity contribution >= 4 is 23.8 Å². The second-order valence-electron chi connectivity index (χ2n) is 11.9. The molecule has 1 radical (unpaired) electrons. The first-order valence-electron chi connectivity index (χ1n) is 13.3. The van der Waals surface area contributed by atoms with Crippen molar-refractivity contribution < 1.29 is 14.6 Å². The lowest BCUT2D eigenvalue weighted by atomic mass is 9.79. The molecule has 2 N–H and O–H groups in total. The number of piperidine rings is 1. The number of hydrogen-bond donors (Lipinski definition) is 2. The molecule has 0 bridgehead atoms. The van der Waals surface area contributed by atoms with Gasteiger partial charge in [-0.3, -0.25) is 14.4 Å². The fourth-order valence-electron chi connectivity index (χ4n) is 5.48. The molecule has 2 aromatic carbocycles. The Balaban J connectivity index is 1.73. The summed E-state index contributed by atoms with van der Waals surface area (Å²) in [5.74, 6) is 0.308. The van der Waals surface area contributed by atoms with Gasteiger partial charge in [0.05, 0.1) is 0 Å². The van der Waals surface area contributed by atoms with Gasteiger partial charge < -0.3 is 5.32 Å². The van der Waals surface area contributed by atoms with Gasteiger partial charge in [-0.15, -0.1) is 10.3 Å². The van der Waals surface area contributed by atoms with E-state index in [-0.39, 0.29) is 24.4 Å². The number of nitrogens with one attached hydrogen (secondary N) is 2. The summed E-state index contributed by atoms with van der Waals surface area (Å²) in [7, 11) is -3.10. The van der Waals surface area contributed by atoms with Crippen LogP contribution in [0.1, 0.15) is 67.2 Å². The molecule has 0 aromatic heterocycles. The first-order chi connectivity index (χ1) is 17.3. The van der Waals surface area contributed by atoms with Gasteiger partial charge in [-0.1, -0.05) is 62.4 Å². The maximum absolute atomic E-state index is 14.5. The number of carbonyl (C=O) groups is 1. The summed E-state index contributed by atoms with van der Waals surface area (Å²) >= 11 is 0. The molecule has 0 aliphatic carbocycles. The number of nitrogens with zero attached hydrogens (tertiary/aromatic N) is 1. The van der Waals surface area contributed by atoms with E-state index >= 15 is 0 Å². The van der Waals surface area contributed by atoms with E-state index in [1.165, 1.54) is 5.06 Å². The number of carbonyl (C=O) groups excluding carboxylic acids is 1. The highest BCUT2D eigenvalue weighted by molar-refractivity contribution is 7.76. The minimum absolute atomic E-state index is 0.0444. The van der Waals surface area contributed by atoms with Crippen LogP contribution in [-0.4, -0.2) is 34.1 Å². The van der Waals surface area contributed by atoms with E-state index in [9.17, 15) is 14.6 Å². The molecule has 1 aliphatic heterocycles. The van der Waals surface area contributed by atoms with Crippen LogP contribution in [0.2, 0.25) is 0 Å². The van der Waals surface area contributed by atoms with Crippen LogP contribution in [-0.2, 0) is 14.6 Å². The second-order valence-corrected chi connectivity index (χ2v) is 14.4. The Bertz CT molecular complexity index is 1040. The summed E-state index contributed by atoms with van der Waals surface area (Å²) < 4.78 is 14.5. The average Bonchev–Trinajstić information content (AvgIpc) is 2.82. The predicted octanol–water partition coefficient (Wildman–Crippen LogP) is 5.35. The van der Waals surface area contributed by atoms with Gasteiger partial charge in [0.2, 0.25) is 13.2 Å². The molecule has 1 fully saturated rings. The van der Waals surface area contributed by atoms with Gasteiger partial charge in [-0.2, -0.15) is 0 Å². The number of hydrogen-bond acceptors (Lipinski definition) is 3. The molecule has 0 spiro atoms. The van der Waals surface area contributed by atoms with Gasteiger partial charge in [-0.05, 0) is 77.1 Å². The van der Waals surface area contributed by atoms with E-state index in [1.54, 1.807) is 0 Å². The van der Waals surface area contributed by atoms with Gasteiger partial charge in [0.25, 0.3) is 0 Å². The smallest absolute Gasteiger partial charge is 0.224 e. The normalized spacial score (nSPS) is 19.2. The third kappa shape index (κ3) is 7.64. The van der Waals surface area contributed by atoms with Crippen molar-refractivity contribution in [3.05, 3.63) is 72.8 Å². The monoisotopic (exact) mass is 524 g/mol. The minimum atomic E-state index is -3.10. The molecule has 2 aromatic rings. The predicted molar refractivity (Wildman–Crippen MR) is 152 cm³/mol. The molecular weight excluding hydrogens is 481 g/mol. The van der Waals surface area contributed by atoms with Gasteiger partial charge in [0.15, 0.2) is 0 Å². The standard InChI is InChI=1S/C30H43N3O3P/c1-23(2)20-24(32-37(36,26-15-9-7-10-16-26)27-17-11-8-12-18-27)14-13-19-28(34)31-25-21-29(3,4)33(35)30(5,6)22-25/h7-18,23-25H,19-22H2,1-6H3,(H,31,34)(H,32,36)/b14-13-. The van der Waals surface area contributed by atoms with E-state index in [0.29, 0.717) is 18.8 Å². The molecule has 1 aliphatic rings. The largest absolute Gasteiger partial charge is 0.353 e. The van der Waals surface area contributed by atoms with Crippen LogP contribution in [0.3, 0.4) is 0 Å². The summed E-state index contributed by atoms with van der Waals surface area (Å²) in [5.41, 5.74) is -1.06. The minimum Gasteiger partial charge on any atom is -0.353 e. The fraction of sp³-hybridized carbons (Fsp3) is 0.500. The Labute approximate surface area is 222 Å². The molecule has 7 heteroatoms. The number of hydroxylamine groups is 2. The van der Waals surface area contributed by atoms with E-state index in [2.05, 4.69) is 24.3 Å². The summed E-state index contributed by atoms with van der Waals surface area (Å²) in [6.07, 6.45) is 6.09. The van der Waals surface area contributed by atoms with Crippen molar-refractivity contribution in [1.29, 1.82) is 0 Å². The highest BCUT2D eigenvalue weighted by Crippen LogP contribution is 2.40. The Morgan fingerprint density at radius 2 is 1.46 bits per heavy atom. The topological polar surface area (TPSA) is 81.3 Å². The molecule has 1 unspecified atom stereocenters. The van der Waals surface area contributed by atoms with Crippen LogP contribution in [0.5, 0.6) is 0 Å². The van der Waals surface area contributed by atoms with Gasteiger partial charge in [-0.25, -0.2) is 0 Å². The van der Waals surface area contributed by atoms with E-state index < -0.39 is 18.4 Å². The molecule has 6 nitrogen and oxygen atoms in total. The molecule has 1 amide bonds. The molecule has 201 valence electrons. The number of amides is 1. The maximum Gasteiger partial charge on any atom is 0.224 e. The zero-order valence-corrected chi connectivity index (χ0v) is 24.0. The van der Waals surface area contributed by atoms with Crippen molar-refractivity contribution in [2.24, 2.45) is 5.92 Å². The van der Waals surface area contributed by atoms with Crippen LogP contribution in [0, 0.1) is 5.92 Å². The average molecular weight is 525 g/mol. The van der Waals surface area contributed by atoms with Crippen LogP contribution in [0.4, 0.5) is 0 Å². The van der Waals surface area contributed by atoms with Crippen molar-refractivity contribution in [2.75, 3.05) is 0 Å². The van der Waals surface area contributed by atoms with Gasteiger partial charge >= 0.3 is 0 Å². The van der Waals surface area contributed by atoms with Gasteiger partial charge in [0.1, 0.15) is 0 Å². The van der Waals surface area contributed by atoms with Crippen molar-refractivity contribution in [1.82, 2.24) is 15.5 Å². The zero-order chi connectivity index (χ0) is 27.3. The molecule has 1 saturated heterocycles. The SMILES string of the molecule is CC(C)CC(/C=C\CC(=O)NC1CC(C)(C)N([O])C(C)(C)C1)NP(=O)(c1ccccc1)c1ccccc1. The quantitative estimate of drug-likeness (QED) is 0.324. The lowest BCUT2D eigenvalue weighted by Crippen LogP contribution is -2.62. The first-order valence-corrected chi connectivity index (χ1v) is 15.0. The van der Waals surface area contributed by atoms with Crippen LogP contribution < -0.4 is 21.0 Å². The summed E-state index contributed by atoms with van der Waals surface area (Å²) in [4.78, 5) is 12.8.